The first-order valence-electron chi connectivity index (χ1n) is 5.63. The molecule has 106 valence electrons. The van der Waals surface area contributed by atoms with Crippen LogP contribution in [-0.4, -0.2) is 30.5 Å². The first kappa shape index (κ1) is 14.7. The molecule has 2 rings (SSSR count). The van der Waals surface area contributed by atoms with Crippen molar-refractivity contribution in [2.45, 2.75) is 11.8 Å². The van der Waals surface area contributed by atoms with Crippen molar-refractivity contribution in [2.75, 3.05) is 12.0 Å². The molecule has 0 aliphatic heterocycles. The molecule has 0 saturated heterocycles. The first-order valence-corrected chi connectivity index (χ1v) is 8.31. The molecule has 0 saturated carbocycles. The van der Waals surface area contributed by atoms with Crippen LogP contribution in [0.15, 0.2) is 38.9 Å². The lowest BCUT2D eigenvalue weighted by atomic mass is 10.2. The number of imidazole rings is 1. The molecule has 8 heteroatoms. The molecule has 0 fully saturated rings. The third-order valence-electron chi connectivity index (χ3n) is 2.53. The smallest absolute Gasteiger partial charge is 0.221 e. The summed E-state index contributed by atoms with van der Waals surface area (Å²) < 4.78 is 25.6. The SMILES string of the molecule is Cc1cn(N=Cc2ccc(Br)cc2S(C)(=O)=O)c(N)n1. The van der Waals surface area contributed by atoms with E-state index in [1.54, 1.807) is 31.3 Å². The van der Waals surface area contributed by atoms with Gasteiger partial charge in [0.05, 0.1) is 23.0 Å². The van der Waals surface area contributed by atoms with Crippen molar-refractivity contribution in [1.29, 1.82) is 0 Å². The average molecular weight is 357 g/mol. The number of sulfone groups is 1. The Bertz CT molecular complexity index is 781. The topological polar surface area (TPSA) is 90.3 Å². The van der Waals surface area contributed by atoms with Crippen molar-refractivity contribution >= 4 is 37.9 Å². The Morgan fingerprint density at radius 3 is 2.70 bits per heavy atom. The molecule has 0 radical (unpaired) electrons. The van der Waals surface area contributed by atoms with E-state index in [-0.39, 0.29) is 10.8 Å². The Kier molecular flexibility index (Phi) is 3.96. The number of nitrogens with two attached hydrogens (primary N) is 1. The molecular formula is C12H13BrN4O2S. The monoisotopic (exact) mass is 356 g/mol. The van der Waals surface area contributed by atoms with Crippen molar-refractivity contribution in [1.82, 2.24) is 9.66 Å². The van der Waals surface area contributed by atoms with Crippen LogP contribution in [0.4, 0.5) is 5.95 Å². The largest absolute Gasteiger partial charge is 0.368 e. The molecule has 0 unspecified atom stereocenters. The molecule has 1 aromatic carbocycles. The normalized spacial score (nSPS) is 12.2. The lowest BCUT2D eigenvalue weighted by Gasteiger charge is -2.04. The van der Waals surface area contributed by atoms with Crippen LogP contribution in [0.25, 0.3) is 0 Å². The zero-order chi connectivity index (χ0) is 14.9. The lowest BCUT2D eigenvalue weighted by molar-refractivity contribution is 0.601. The van der Waals surface area contributed by atoms with E-state index in [0.29, 0.717) is 10.0 Å². The van der Waals surface area contributed by atoms with Gasteiger partial charge >= 0.3 is 0 Å². The molecule has 1 heterocycles. The van der Waals surface area contributed by atoms with Gasteiger partial charge in [-0.25, -0.2) is 18.1 Å². The summed E-state index contributed by atoms with van der Waals surface area (Å²) in [6.45, 7) is 1.80. The predicted molar refractivity (Wildman–Crippen MR) is 81.6 cm³/mol. The van der Waals surface area contributed by atoms with Gasteiger partial charge in [-0.2, -0.15) is 5.10 Å². The fourth-order valence-electron chi connectivity index (χ4n) is 1.66. The Morgan fingerprint density at radius 1 is 1.45 bits per heavy atom. The second kappa shape index (κ2) is 5.37. The van der Waals surface area contributed by atoms with E-state index in [9.17, 15) is 8.42 Å². The van der Waals surface area contributed by atoms with Gasteiger partial charge in [0.2, 0.25) is 5.95 Å². The molecule has 0 atom stereocenters. The second-order valence-electron chi connectivity index (χ2n) is 4.28. The van der Waals surface area contributed by atoms with Gasteiger partial charge in [-0.3, -0.25) is 0 Å². The molecule has 0 bridgehead atoms. The third kappa shape index (κ3) is 3.26. The fourth-order valence-corrected chi connectivity index (χ4v) is 3.06. The molecule has 0 aliphatic rings. The van der Waals surface area contributed by atoms with Gasteiger partial charge in [-0.1, -0.05) is 22.0 Å². The molecule has 6 nitrogen and oxygen atoms in total. The van der Waals surface area contributed by atoms with E-state index in [1.807, 2.05) is 0 Å². The molecule has 20 heavy (non-hydrogen) atoms. The number of anilines is 1. The Morgan fingerprint density at radius 2 is 2.15 bits per heavy atom. The van der Waals surface area contributed by atoms with E-state index in [4.69, 9.17) is 5.73 Å². The maximum absolute atomic E-state index is 11.8. The van der Waals surface area contributed by atoms with Gasteiger partial charge < -0.3 is 5.73 Å². The number of rotatable bonds is 3. The summed E-state index contributed by atoms with van der Waals surface area (Å²) in [7, 11) is -3.34. The summed E-state index contributed by atoms with van der Waals surface area (Å²) >= 11 is 3.26. The van der Waals surface area contributed by atoms with Crippen LogP contribution >= 0.6 is 15.9 Å². The van der Waals surface area contributed by atoms with Crippen molar-refractivity contribution < 1.29 is 8.42 Å². The molecular weight excluding hydrogens is 344 g/mol. The average Bonchev–Trinajstić information content (AvgIpc) is 2.65. The van der Waals surface area contributed by atoms with E-state index < -0.39 is 9.84 Å². The van der Waals surface area contributed by atoms with E-state index in [2.05, 4.69) is 26.0 Å². The lowest BCUT2D eigenvalue weighted by Crippen LogP contribution is -2.03. The highest BCUT2D eigenvalue weighted by molar-refractivity contribution is 9.10. The minimum Gasteiger partial charge on any atom is -0.368 e. The molecule has 0 aliphatic carbocycles. The molecule has 1 aromatic heterocycles. The predicted octanol–water partition coefficient (Wildman–Crippen LogP) is 1.82. The third-order valence-corrected chi connectivity index (χ3v) is 4.18. The van der Waals surface area contributed by atoms with Crippen molar-refractivity contribution in [2.24, 2.45) is 5.10 Å². The maximum atomic E-state index is 11.8. The Labute approximate surface area is 125 Å². The van der Waals surface area contributed by atoms with E-state index in [0.717, 1.165) is 11.9 Å². The summed E-state index contributed by atoms with van der Waals surface area (Å²) in [4.78, 5) is 4.21. The van der Waals surface area contributed by atoms with Crippen LogP contribution in [0.3, 0.4) is 0 Å². The van der Waals surface area contributed by atoms with Crippen LogP contribution in [0, 0.1) is 6.92 Å². The number of aryl methyl sites for hydroxylation is 1. The van der Waals surface area contributed by atoms with Gasteiger partial charge in [0.15, 0.2) is 9.84 Å². The van der Waals surface area contributed by atoms with E-state index >= 15 is 0 Å². The number of nitrogens with zero attached hydrogens (tertiary/aromatic N) is 3. The highest BCUT2D eigenvalue weighted by Crippen LogP contribution is 2.20. The van der Waals surface area contributed by atoms with Crippen molar-refractivity contribution in [3.05, 3.63) is 40.1 Å². The zero-order valence-electron chi connectivity index (χ0n) is 10.9. The molecule has 0 spiro atoms. The van der Waals surface area contributed by atoms with Crippen LogP contribution in [0.2, 0.25) is 0 Å². The summed E-state index contributed by atoms with van der Waals surface area (Å²) in [5.41, 5.74) is 6.89. The highest BCUT2D eigenvalue weighted by atomic mass is 79.9. The maximum Gasteiger partial charge on any atom is 0.221 e. The summed E-state index contributed by atoms with van der Waals surface area (Å²) in [6.07, 6.45) is 4.26. The fraction of sp³-hybridized carbons (Fsp3) is 0.167. The quantitative estimate of drug-likeness (QED) is 0.849. The van der Waals surface area contributed by atoms with E-state index in [1.165, 1.54) is 10.9 Å². The summed E-state index contributed by atoms with van der Waals surface area (Å²) in [5.74, 6) is 0.247. The number of halogens is 1. The minimum absolute atomic E-state index is 0.200. The number of aromatic nitrogens is 2. The molecule has 2 aromatic rings. The number of hydrogen-bond donors (Lipinski definition) is 1. The Hall–Kier alpha value is -1.67. The van der Waals surface area contributed by atoms with Gasteiger partial charge in [0.25, 0.3) is 0 Å². The van der Waals surface area contributed by atoms with Crippen LogP contribution < -0.4 is 5.73 Å². The van der Waals surface area contributed by atoms with Gasteiger partial charge in [0, 0.05) is 16.3 Å². The van der Waals surface area contributed by atoms with Crippen molar-refractivity contribution in [3.8, 4) is 0 Å². The highest BCUT2D eigenvalue weighted by Gasteiger charge is 2.12. The summed E-state index contributed by atoms with van der Waals surface area (Å²) in [5, 5.41) is 4.13. The number of nitrogen functional groups attached to an aromatic ring is 1. The summed E-state index contributed by atoms with van der Waals surface area (Å²) in [6, 6.07) is 4.96. The van der Waals surface area contributed by atoms with Gasteiger partial charge in [-0.05, 0) is 19.1 Å². The first-order chi connectivity index (χ1) is 9.27. The van der Waals surface area contributed by atoms with Crippen LogP contribution in [0.1, 0.15) is 11.3 Å². The van der Waals surface area contributed by atoms with Crippen molar-refractivity contribution in [3.63, 3.8) is 0 Å². The standard InChI is InChI=1S/C12H13BrN4O2S/c1-8-7-17(12(14)16-8)15-6-9-3-4-10(13)5-11(9)20(2,18)19/h3-7H,1-2H3,(H2,14,16). The molecule has 0 amide bonds. The molecule has 2 N–H and O–H groups in total. The number of benzene rings is 1. The van der Waals surface area contributed by atoms with Crippen LogP contribution in [0.5, 0.6) is 0 Å². The van der Waals surface area contributed by atoms with Gasteiger partial charge in [-0.15, -0.1) is 0 Å². The zero-order valence-corrected chi connectivity index (χ0v) is 13.3. The minimum atomic E-state index is -3.34. The van der Waals surface area contributed by atoms with Crippen LogP contribution in [-0.2, 0) is 9.84 Å². The van der Waals surface area contributed by atoms with Gasteiger partial charge in [0.1, 0.15) is 0 Å². The second-order valence-corrected chi connectivity index (χ2v) is 7.18. The number of hydrogen-bond acceptors (Lipinski definition) is 5. The Balaban J connectivity index is 2.47.